The van der Waals surface area contributed by atoms with Gasteiger partial charge in [-0.25, -0.2) is 0 Å². The molecule has 0 saturated heterocycles. The number of nitrogens with zero attached hydrogens (tertiary/aromatic N) is 3. The van der Waals surface area contributed by atoms with Crippen molar-refractivity contribution in [3.63, 3.8) is 0 Å². The van der Waals surface area contributed by atoms with Crippen LogP contribution in [0.25, 0.3) is 11.4 Å². The summed E-state index contributed by atoms with van der Waals surface area (Å²) in [6, 6.07) is 3.68. The molecule has 2 heterocycles. The van der Waals surface area contributed by atoms with E-state index in [1.807, 2.05) is 26.0 Å². The second-order valence-corrected chi connectivity index (χ2v) is 5.33. The van der Waals surface area contributed by atoms with Crippen molar-refractivity contribution in [2.24, 2.45) is 11.7 Å². The molecule has 0 aliphatic carbocycles. The van der Waals surface area contributed by atoms with E-state index in [1.54, 1.807) is 0 Å². The van der Waals surface area contributed by atoms with Crippen molar-refractivity contribution >= 4 is 0 Å². The number of nitrogens with two attached hydrogens (primary N) is 1. The summed E-state index contributed by atoms with van der Waals surface area (Å²) in [4.78, 5) is 8.72. The molecule has 0 spiro atoms. The van der Waals surface area contributed by atoms with E-state index in [0.717, 1.165) is 23.4 Å². The molecule has 0 aliphatic rings. The summed E-state index contributed by atoms with van der Waals surface area (Å²) < 4.78 is 5.25. The van der Waals surface area contributed by atoms with Gasteiger partial charge in [0, 0.05) is 17.0 Å². The SMILES string of the molecule is Cc1cc(-c2noc([C@@H](N)CC(C)C)n2)cc(C)n1. The summed E-state index contributed by atoms with van der Waals surface area (Å²) in [6.45, 7) is 8.13. The highest BCUT2D eigenvalue weighted by Gasteiger charge is 2.17. The minimum absolute atomic E-state index is 0.203. The van der Waals surface area contributed by atoms with Crippen molar-refractivity contribution in [3.8, 4) is 11.4 Å². The predicted molar refractivity (Wildman–Crippen MR) is 73.4 cm³/mol. The van der Waals surface area contributed by atoms with Gasteiger partial charge in [-0.2, -0.15) is 4.98 Å². The average Bonchev–Trinajstić information content (AvgIpc) is 2.75. The third-order valence-electron chi connectivity index (χ3n) is 2.82. The van der Waals surface area contributed by atoms with Gasteiger partial charge in [0.05, 0.1) is 6.04 Å². The van der Waals surface area contributed by atoms with Gasteiger partial charge < -0.3 is 10.3 Å². The first-order valence-electron chi connectivity index (χ1n) is 6.50. The zero-order valence-electron chi connectivity index (χ0n) is 11.8. The lowest BCUT2D eigenvalue weighted by atomic mass is 10.0. The first kappa shape index (κ1) is 13.7. The van der Waals surface area contributed by atoms with Crippen LogP contribution in [0.1, 0.15) is 43.6 Å². The smallest absolute Gasteiger partial charge is 0.243 e. The van der Waals surface area contributed by atoms with Gasteiger partial charge in [0.25, 0.3) is 0 Å². The fourth-order valence-electron chi connectivity index (χ4n) is 2.08. The molecule has 0 aliphatic heterocycles. The first-order valence-corrected chi connectivity index (χ1v) is 6.50. The highest BCUT2D eigenvalue weighted by atomic mass is 16.5. The summed E-state index contributed by atoms with van der Waals surface area (Å²) in [5.41, 5.74) is 8.83. The van der Waals surface area contributed by atoms with Gasteiger partial charge >= 0.3 is 0 Å². The monoisotopic (exact) mass is 260 g/mol. The minimum Gasteiger partial charge on any atom is -0.337 e. The van der Waals surface area contributed by atoms with E-state index in [4.69, 9.17) is 10.3 Å². The summed E-state index contributed by atoms with van der Waals surface area (Å²) in [6.07, 6.45) is 0.829. The number of aryl methyl sites for hydroxylation is 2. The predicted octanol–water partition coefficient (Wildman–Crippen LogP) is 2.79. The molecule has 2 rings (SSSR count). The average molecular weight is 260 g/mol. The molecule has 0 fully saturated rings. The Bertz CT molecular complexity index is 542. The summed E-state index contributed by atoms with van der Waals surface area (Å²) >= 11 is 0. The van der Waals surface area contributed by atoms with Gasteiger partial charge in [0.15, 0.2) is 0 Å². The lowest BCUT2D eigenvalue weighted by Crippen LogP contribution is -2.13. The lowest BCUT2D eigenvalue weighted by Gasteiger charge is -2.08. The quantitative estimate of drug-likeness (QED) is 0.914. The zero-order chi connectivity index (χ0) is 14.0. The maximum absolute atomic E-state index is 6.04. The van der Waals surface area contributed by atoms with Crippen LogP contribution in [0.5, 0.6) is 0 Å². The molecule has 0 radical (unpaired) electrons. The van der Waals surface area contributed by atoms with E-state index < -0.39 is 0 Å². The molecular formula is C14H20N4O. The highest BCUT2D eigenvalue weighted by Crippen LogP contribution is 2.22. The summed E-state index contributed by atoms with van der Waals surface area (Å²) in [5, 5.41) is 4.00. The Morgan fingerprint density at radius 2 is 1.79 bits per heavy atom. The van der Waals surface area contributed by atoms with Crippen LogP contribution in [0, 0.1) is 19.8 Å². The second-order valence-electron chi connectivity index (χ2n) is 5.33. The Morgan fingerprint density at radius 3 is 2.37 bits per heavy atom. The van der Waals surface area contributed by atoms with Gasteiger partial charge in [-0.15, -0.1) is 0 Å². The van der Waals surface area contributed by atoms with Crippen molar-refractivity contribution in [3.05, 3.63) is 29.4 Å². The molecule has 5 nitrogen and oxygen atoms in total. The van der Waals surface area contributed by atoms with E-state index in [1.165, 1.54) is 0 Å². The number of aromatic nitrogens is 3. The number of hydrogen-bond donors (Lipinski definition) is 1. The third kappa shape index (κ3) is 3.38. The third-order valence-corrected chi connectivity index (χ3v) is 2.82. The molecule has 0 saturated carbocycles. The molecule has 0 unspecified atom stereocenters. The van der Waals surface area contributed by atoms with E-state index in [0.29, 0.717) is 17.6 Å². The van der Waals surface area contributed by atoms with Crippen LogP contribution in [-0.2, 0) is 0 Å². The Kier molecular flexibility index (Phi) is 3.95. The Balaban J connectivity index is 2.25. The number of rotatable bonds is 4. The van der Waals surface area contributed by atoms with Gasteiger partial charge in [-0.1, -0.05) is 19.0 Å². The fraction of sp³-hybridized carbons (Fsp3) is 0.500. The van der Waals surface area contributed by atoms with E-state index >= 15 is 0 Å². The normalized spacial score (nSPS) is 12.9. The van der Waals surface area contributed by atoms with Gasteiger partial charge in [0.1, 0.15) is 0 Å². The second kappa shape index (κ2) is 5.48. The van der Waals surface area contributed by atoms with E-state index in [-0.39, 0.29) is 6.04 Å². The van der Waals surface area contributed by atoms with Crippen LogP contribution in [-0.4, -0.2) is 15.1 Å². The van der Waals surface area contributed by atoms with Gasteiger partial charge in [-0.3, -0.25) is 4.98 Å². The minimum atomic E-state index is -0.203. The molecule has 2 N–H and O–H groups in total. The van der Waals surface area contributed by atoms with Gasteiger partial charge in [0.2, 0.25) is 11.7 Å². The van der Waals surface area contributed by atoms with Crippen molar-refractivity contribution in [2.75, 3.05) is 0 Å². The Labute approximate surface area is 113 Å². The topological polar surface area (TPSA) is 77.8 Å². The van der Waals surface area contributed by atoms with E-state index in [2.05, 4.69) is 29.0 Å². The number of hydrogen-bond acceptors (Lipinski definition) is 5. The zero-order valence-corrected chi connectivity index (χ0v) is 11.8. The lowest BCUT2D eigenvalue weighted by molar-refractivity contribution is 0.335. The molecule has 0 aromatic carbocycles. The maximum atomic E-state index is 6.04. The van der Waals surface area contributed by atoms with Crippen LogP contribution in [0.2, 0.25) is 0 Å². The van der Waals surface area contributed by atoms with Crippen LogP contribution < -0.4 is 5.73 Å². The van der Waals surface area contributed by atoms with Crippen LogP contribution in [0.3, 0.4) is 0 Å². The standard InChI is InChI=1S/C14H20N4O/c1-8(2)5-12(15)14-17-13(18-19-14)11-6-9(3)16-10(4)7-11/h6-8,12H,5,15H2,1-4H3/t12-/m0/s1. The van der Waals surface area contributed by atoms with Crippen molar-refractivity contribution in [1.82, 2.24) is 15.1 Å². The van der Waals surface area contributed by atoms with Crippen LogP contribution in [0.15, 0.2) is 16.7 Å². The molecule has 5 heteroatoms. The molecule has 0 bridgehead atoms. The number of pyridine rings is 1. The van der Waals surface area contributed by atoms with Crippen molar-refractivity contribution in [1.29, 1.82) is 0 Å². The van der Waals surface area contributed by atoms with Crippen LogP contribution >= 0.6 is 0 Å². The molecule has 1 atom stereocenters. The van der Waals surface area contributed by atoms with Crippen LogP contribution in [0.4, 0.5) is 0 Å². The Morgan fingerprint density at radius 1 is 1.16 bits per heavy atom. The fourth-order valence-corrected chi connectivity index (χ4v) is 2.08. The molecule has 19 heavy (non-hydrogen) atoms. The molecular weight excluding hydrogens is 240 g/mol. The summed E-state index contributed by atoms with van der Waals surface area (Å²) in [7, 11) is 0. The maximum Gasteiger partial charge on any atom is 0.243 e. The molecule has 2 aromatic rings. The van der Waals surface area contributed by atoms with Crippen molar-refractivity contribution in [2.45, 2.75) is 40.2 Å². The first-order chi connectivity index (χ1) is 8.95. The summed E-state index contributed by atoms with van der Waals surface area (Å²) in [5.74, 6) is 1.56. The highest BCUT2D eigenvalue weighted by molar-refractivity contribution is 5.55. The largest absolute Gasteiger partial charge is 0.337 e. The van der Waals surface area contributed by atoms with Crippen molar-refractivity contribution < 1.29 is 4.52 Å². The molecule has 0 amide bonds. The Hall–Kier alpha value is -1.75. The molecule has 2 aromatic heterocycles. The molecule has 102 valence electrons. The van der Waals surface area contributed by atoms with Gasteiger partial charge in [-0.05, 0) is 38.3 Å². The van der Waals surface area contributed by atoms with E-state index in [9.17, 15) is 0 Å².